The number of para-hydroxylation sites is 1. The summed E-state index contributed by atoms with van der Waals surface area (Å²) in [6, 6.07) is 13.9. The van der Waals surface area contributed by atoms with E-state index in [4.69, 9.17) is 0 Å². The first-order valence-electron chi connectivity index (χ1n) is 10.3. The van der Waals surface area contributed by atoms with Crippen molar-refractivity contribution in [3.8, 4) is 0 Å². The van der Waals surface area contributed by atoms with E-state index in [9.17, 15) is 14.4 Å². The smallest absolute Gasteiger partial charge is 0.256 e. The van der Waals surface area contributed by atoms with Gasteiger partial charge in [0.25, 0.3) is 11.8 Å². The molecule has 7 heteroatoms. The zero-order valence-electron chi connectivity index (χ0n) is 16.8. The molecule has 3 amide bonds. The Bertz CT molecular complexity index is 908. The van der Waals surface area contributed by atoms with Crippen LogP contribution in [0.25, 0.3) is 0 Å². The summed E-state index contributed by atoms with van der Waals surface area (Å²) in [7, 11) is 0. The molecule has 30 heavy (non-hydrogen) atoms. The van der Waals surface area contributed by atoms with Gasteiger partial charge in [0.05, 0.1) is 16.8 Å². The van der Waals surface area contributed by atoms with E-state index in [1.807, 2.05) is 11.0 Å². The lowest BCUT2D eigenvalue weighted by Crippen LogP contribution is -2.35. The average Bonchev–Trinajstić information content (AvgIpc) is 3.04. The standard InChI is InChI=1S/C23H26BrN3O3/c24-19-11-5-3-9-17(19)23(30)26-20-12-6-4-10-18(20)22(29)25-14-13-21(28)27-15-7-1-2-8-16-27/h3-6,9-12H,1-2,7-8,13-16H2,(H,25,29)(H,26,30). The predicted octanol–water partition coefficient (Wildman–Crippen LogP) is 4.22. The summed E-state index contributed by atoms with van der Waals surface area (Å²) < 4.78 is 0.677. The van der Waals surface area contributed by atoms with Crippen molar-refractivity contribution in [1.82, 2.24) is 10.2 Å². The van der Waals surface area contributed by atoms with Crippen LogP contribution < -0.4 is 10.6 Å². The molecule has 158 valence electrons. The number of hydrogen-bond acceptors (Lipinski definition) is 3. The predicted molar refractivity (Wildman–Crippen MR) is 121 cm³/mol. The number of rotatable bonds is 6. The largest absolute Gasteiger partial charge is 0.351 e. The SMILES string of the molecule is O=C(Nc1ccccc1C(=O)NCCC(=O)N1CCCCCC1)c1ccccc1Br. The van der Waals surface area contributed by atoms with Crippen LogP contribution in [-0.4, -0.2) is 42.3 Å². The van der Waals surface area contributed by atoms with E-state index in [1.54, 1.807) is 42.5 Å². The molecule has 2 N–H and O–H groups in total. The van der Waals surface area contributed by atoms with Gasteiger partial charge in [-0.05, 0) is 53.0 Å². The summed E-state index contributed by atoms with van der Waals surface area (Å²) in [4.78, 5) is 39.5. The van der Waals surface area contributed by atoms with Crippen LogP contribution in [0.2, 0.25) is 0 Å². The Morgan fingerprint density at radius 3 is 2.17 bits per heavy atom. The number of carbonyl (C=O) groups excluding carboxylic acids is 3. The maximum Gasteiger partial charge on any atom is 0.256 e. The van der Waals surface area contributed by atoms with Crippen molar-refractivity contribution in [3.63, 3.8) is 0 Å². The minimum atomic E-state index is -0.318. The fraction of sp³-hybridized carbons (Fsp3) is 0.348. The number of benzene rings is 2. The Labute approximate surface area is 185 Å². The van der Waals surface area contributed by atoms with Crippen molar-refractivity contribution < 1.29 is 14.4 Å². The molecule has 3 rings (SSSR count). The lowest BCUT2D eigenvalue weighted by molar-refractivity contribution is -0.131. The third-order valence-electron chi connectivity index (χ3n) is 5.12. The van der Waals surface area contributed by atoms with E-state index in [0.29, 0.717) is 21.3 Å². The molecule has 0 bridgehead atoms. The highest BCUT2D eigenvalue weighted by atomic mass is 79.9. The molecule has 0 atom stereocenters. The molecule has 2 aromatic rings. The molecular formula is C23H26BrN3O3. The van der Waals surface area contributed by atoms with E-state index in [-0.39, 0.29) is 30.7 Å². The zero-order valence-corrected chi connectivity index (χ0v) is 18.4. The number of likely N-dealkylation sites (tertiary alicyclic amines) is 1. The Kier molecular flexibility index (Phi) is 8.02. The van der Waals surface area contributed by atoms with Gasteiger partial charge in [-0.2, -0.15) is 0 Å². The minimum absolute atomic E-state index is 0.0766. The summed E-state index contributed by atoms with van der Waals surface area (Å²) in [5.74, 6) is -0.548. The number of hydrogen-bond donors (Lipinski definition) is 2. The third kappa shape index (κ3) is 5.92. The number of anilines is 1. The van der Waals surface area contributed by atoms with Gasteiger partial charge in [0.1, 0.15) is 0 Å². The Morgan fingerprint density at radius 1 is 0.833 bits per heavy atom. The van der Waals surface area contributed by atoms with Crippen LogP contribution in [-0.2, 0) is 4.79 Å². The lowest BCUT2D eigenvalue weighted by atomic mass is 10.1. The molecule has 1 aliphatic heterocycles. The van der Waals surface area contributed by atoms with Crippen LogP contribution in [0, 0.1) is 0 Å². The number of carbonyl (C=O) groups is 3. The number of halogens is 1. The molecule has 1 aliphatic rings. The van der Waals surface area contributed by atoms with E-state index in [2.05, 4.69) is 26.6 Å². The van der Waals surface area contributed by atoms with Crippen molar-refractivity contribution in [1.29, 1.82) is 0 Å². The number of nitrogens with one attached hydrogen (secondary N) is 2. The van der Waals surface area contributed by atoms with Gasteiger partial charge in [0.15, 0.2) is 0 Å². The highest BCUT2D eigenvalue weighted by Gasteiger charge is 2.17. The first kappa shape index (κ1) is 22.0. The average molecular weight is 472 g/mol. The Balaban J connectivity index is 1.58. The van der Waals surface area contributed by atoms with Gasteiger partial charge >= 0.3 is 0 Å². The monoisotopic (exact) mass is 471 g/mol. The van der Waals surface area contributed by atoms with Gasteiger partial charge in [0.2, 0.25) is 5.91 Å². The van der Waals surface area contributed by atoms with Crippen molar-refractivity contribution in [3.05, 3.63) is 64.1 Å². The van der Waals surface area contributed by atoms with Crippen LogP contribution >= 0.6 is 15.9 Å². The molecule has 1 fully saturated rings. The molecule has 0 aliphatic carbocycles. The lowest BCUT2D eigenvalue weighted by Gasteiger charge is -2.20. The molecular weight excluding hydrogens is 446 g/mol. The molecule has 2 aromatic carbocycles. The number of nitrogens with zero attached hydrogens (tertiary/aromatic N) is 1. The molecule has 0 saturated carbocycles. The molecule has 0 spiro atoms. The molecule has 1 saturated heterocycles. The normalized spacial score (nSPS) is 14.0. The minimum Gasteiger partial charge on any atom is -0.351 e. The summed E-state index contributed by atoms with van der Waals surface area (Å²) in [5, 5.41) is 5.60. The second-order valence-electron chi connectivity index (χ2n) is 7.28. The van der Waals surface area contributed by atoms with Crippen molar-refractivity contribution in [2.75, 3.05) is 25.0 Å². The zero-order chi connectivity index (χ0) is 21.3. The van der Waals surface area contributed by atoms with Crippen LogP contribution in [0.15, 0.2) is 53.0 Å². The van der Waals surface area contributed by atoms with Crippen LogP contribution in [0.5, 0.6) is 0 Å². The molecule has 6 nitrogen and oxygen atoms in total. The first-order chi connectivity index (χ1) is 14.6. The van der Waals surface area contributed by atoms with Crippen molar-refractivity contribution in [2.45, 2.75) is 32.1 Å². The van der Waals surface area contributed by atoms with Crippen molar-refractivity contribution in [2.24, 2.45) is 0 Å². The fourth-order valence-corrected chi connectivity index (χ4v) is 3.95. The quantitative estimate of drug-likeness (QED) is 0.661. The highest BCUT2D eigenvalue weighted by molar-refractivity contribution is 9.10. The maximum absolute atomic E-state index is 12.7. The second kappa shape index (κ2) is 10.9. The Morgan fingerprint density at radius 2 is 1.47 bits per heavy atom. The first-order valence-corrected chi connectivity index (χ1v) is 11.1. The van der Waals surface area contributed by atoms with Gasteiger partial charge in [-0.1, -0.05) is 37.1 Å². The van der Waals surface area contributed by atoms with Crippen LogP contribution in [0.1, 0.15) is 52.8 Å². The van der Waals surface area contributed by atoms with E-state index in [0.717, 1.165) is 25.9 Å². The highest BCUT2D eigenvalue weighted by Crippen LogP contribution is 2.20. The molecule has 1 heterocycles. The second-order valence-corrected chi connectivity index (χ2v) is 8.13. The van der Waals surface area contributed by atoms with Gasteiger partial charge in [-0.25, -0.2) is 0 Å². The van der Waals surface area contributed by atoms with E-state index < -0.39 is 0 Å². The van der Waals surface area contributed by atoms with E-state index >= 15 is 0 Å². The summed E-state index contributed by atoms with van der Waals surface area (Å²) in [5.41, 5.74) is 1.27. The molecule has 0 unspecified atom stereocenters. The van der Waals surface area contributed by atoms with Crippen LogP contribution in [0.3, 0.4) is 0 Å². The summed E-state index contributed by atoms with van der Waals surface area (Å²) >= 11 is 3.37. The Hall–Kier alpha value is -2.67. The number of amides is 3. The summed E-state index contributed by atoms with van der Waals surface area (Å²) in [6.45, 7) is 1.87. The topological polar surface area (TPSA) is 78.5 Å². The van der Waals surface area contributed by atoms with Gasteiger partial charge in [-0.15, -0.1) is 0 Å². The molecule has 0 radical (unpaired) electrons. The summed E-state index contributed by atoms with van der Waals surface area (Å²) in [6.07, 6.45) is 4.70. The fourth-order valence-electron chi connectivity index (χ4n) is 3.48. The third-order valence-corrected chi connectivity index (χ3v) is 5.81. The van der Waals surface area contributed by atoms with Gasteiger partial charge in [-0.3, -0.25) is 14.4 Å². The van der Waals surface area contributed by atoms with E-state index in [1.165, 1.54) is 12.8 Å². The van der Waals surface area contributed by atoms with Gasteiger partial charge < -0.3 is 15.5 Å². The van der Waals surface area contributed by atoms with Crippen molar-refractivity contribution >= 4 is 39.3 Å². The van der Waals surface area contributed by atoms with Gasteiger partial charge in [0, 0.05) is 30.5 Å². The molecule has 0 aromatic heterocycles. The maximum atomic E-state index is 12.7. The van der Waals surface area contributed by atoms with Crippen LogP contribution in [0.4, 0.5) is 5.69 Å².